The summed E-state index contributed by atoms with van der Waals surface area (Å²) in [6.07, 6.45) is 2.45. The molecule has 18 heavy (non-hydrogen) atoms. The van der Waals surface area contributed by atoms with Gasteiger partial charge in [0.2, 0.25) is 0 Å². The van der Waals surface area contributed by atoms with Gasteiger partial charge in [0.05, 0.1) is 5.02 Å². The van der Waals surface area contributed by atoms with Gasteiger partial charge in [-0.2, -0.15) is 0 Å². The van der Waals surface area contributed by atoms with E-state index in [9.17, 15) is 4.79 Å². The Morgan fingerprint density at radius 3 is 2.83 bits per heavy atom. The Balaban J connectivity index is 2.19. The van der Waals surface area contributed by atoms with Crippen LogP contribution in [0.1, 0.15) is 30.3 Å². The molecule has 0 saturated heterocycles. The summed E-state index contributed by atoms with van der Waals surface area (Å²) in [4.78, 5) is 18.5. The normalized spacial score (nSPS) is 14.4. The van der Waals surface area contributed by atoms with Crippen LogP contribution in [-0.4, -0.2) is 35.9 Å². The average Bonchev–Trinajstić information content (AvgIpc) is 3.19. The van der Waals surface area contributed by atoms with E-state index in [4.69, 9.17) is 11.6 Å². The lowest BCUT2D eigenvalue weighted by Gasteiger charge is -2.20. The van der Waals surface area contributed by atoms with E-state index in [0.29, 0.717) is 29.0 Å². The summed E-state index contributed by atoms with van der Waals surface area (Å²) < 4.78 is 0. The molecule has 0 radical (unpaired) electrons. The van der Waals surface area contributed by atoms with Crippen LogP contribution in [0.2, 0.25) is 5.02 Å². The molecule has 1 amide bonds. The Kier molecular flexibility index (Phi) is 4.07. The maximum absolute atomic E-state index is 12.4. The summed E-state index contributed by atoms with van der Waals surface area (Å²) in [5.41, 5.74) is 0.339. The molecule has 0 unspecified atom stereocenters. The second-order valence-corrected chi connectivity index (χ2v) is 4.97. The lowest BCUT2D eigenvalue weighted by Crippen LogP contribution is -2.33. The van der Waals surface area contributed by atoms with Crippen molar-refractivity contribution in [2.45, 2.75) is 19.8 Å². The van der Waals surface area contributed by atoms with Gasteiger partial charge in [0.1, 0.15) is 11.5 Å². The van der Waals surface area contributed by atoms with Crippen LogP contribution in [0, 0.1) is 5.92 Å². The fraction of sp³-hybridized carbons (Fsp3) is 0.538. The molecule has 1 fully saturated rings. The third kappa shape index (κ3) is 2.93. The number of nitrogens with zero attached hydrogens (tertiary/aromatic N) is 2. The molecule has 0 spiro atoms. The zero-order chi connectivity index (χ0) is 13.1. The van der Waals surface area contributed by atoms with Crippen molar-refractivity contribution in [2.75, 3.05) is 25.5 Å². The number of nitrogens with one attached hydrogen (secondary N) is 1. The first-order valence-corrected chi connectivity index (χ1v) is 6.67. The van der Waals surface area contributed by atoms with Crippen LogP contribution < -0.4 is 5.32 Å². The molecule has 1 aromatic rings. The first kappa shape index (κ1) is 13.1. The third-order valence-electron chi connectivity index (χ3n) is 3.15. The van der Waals surface area contributed by atoms with Gasteiger partial charge in [-0.1, -0.05) is 11.6 Å². The lowest BCUT2D eigenvalue weighted by atomic mass is 10.2. The van der Waals surface area contributed by atoms with Crippen molar-refractivity contribution in [1.29, 1.82) is 0 Å². The van der Waals surface area contributed by atoms with Crippen molar-refractivity contribution in [2.24, 2.45) is 5.92 Å². The number of rotatable bonds is 5. The van der Waals surface area contributed by atoms with Crippen LogP contribution >= 0.6 is 11.6 Å². The Morgan fingerprint density at radius 2 is 2.28 bits per heavy atom. The molecule has 0 bridgehead atoms. The van der Waals surface area contributed by atoms with Gasteiger partial charge in [-0.15, -0.1) is 0 Å². The minimum Gasteiger partial charge on any atom is -0.373 e. The topological polar surface area (TPSA) is 45.2 Å². The molecule has 1 aliphatic carbocycles. The predicted molar refractivity (Wildman–Crippen MR) is 73.1 cm³/mol. The molecule has 98 valence electrons. The monoisotopic (exact) mass is 267 g/mol. The smallest absolute Gasteiger partial charge is 0.274 e. The number of hydrogen-bond acceptors (Lipinski definition) is 3. The number of carbonyl (C=O) groups is 1. The summed E-state index contributed by atoms with van der Waals surface area (Å²) in [5.74, 6) is 1.25. The molecule has 0 aromatic carbocycles. The maximum atomic E-state index is 12.4. The molecule has 1 N–H and O–H groups in total. The molecule has 1 heterocycles. The zero-order valence-electron chi connectivity index (χ0n) is 10.7. The van der Waals surface area contributed by atoms with Crippen molar-refractivity contribution in [3.05, 3.63) is 22.8 Å². The van der Waals surface area contributed by atoms with E-state index < -0.39 is 0 Å². The summed E-state index contributed by atoms with van der Waals surface area (Å²) in [6.45, 7) is 3.49. The molecule has 1 aliphatic rings. The van der Waals surface area contributed by atoms with Gasteiger partial charge < -0.3 is 10.2 Å². The second-order valence-electron chi connectivity index (χ2n) is 4.56. The van der Waals surface area contributed by atoms with Crippen molar-refractivity contribution in [3.8, 4) is 0 Å². The molecule has 5 heteroatoms. The molecule has 1 saturated carbocycles. The summed E-state index contributed by atoms with van der Waals surface area (Å²) >= 11 is 6.06. The van der Waals surface area contributed by atoms with E-state index in [-0.39, 0.29) is 5.91 Å². The highest BCUT2D eigenvalue weighted by molar-refractivity contribution is 6.33. The molecule has 0 atom stereocenters. The van der Waals surface area contributed by atoms with Gasteiger partial charge in [-0.25, -0.2) is 4.98 Å². The maximum Gasteiger partial charge on any atom is 0.274 e. The Hall–Kier alpha value is -1.29. The number of pyridine rings is 1. The molecule has 4 nitrogen and oxygen atoms in total. The van der Waals surface area contributed by atoms with Crippen molar-refractivity contribution in [1.82, 2.24) is 9.88 Å². The van der Waals surface area contributed by atoms with Gasteiger partial charge in [0.15, 0.2) is 0 Å². The van der Waals surface area contributed by atoms with Crippen molar-refractivity contribution in [3.63, 3.8) is 0 Å². The molecule has 1 aromatic heterocycles. The largest absolute Gasteiger partial charge is 0.373 e. The fourth-order valence-corrected chi connectivity index (χ4v) is 2.03. The molecular formula is C13H18ClN3O. The Bertz CT molecular complexity index is 446. The van der Waals surface area contributed by atoms with Crippen LogP contribution in [0.15, 0.2) is 12.1 Å². The first-order valence-electron chi connectivity index (χ1n) is 6.29. The van der Waals surface area contributed by atoms with E-state index >= 15 is 0 Å². The number of aromatic nitrogens is 1. The van der Waals surface area contributed by atoms with Crippen molar-refractivity contribution >= 4 is 23.3 Å². The van der Waals surface area contributed by atoms with Gasteiger partial charge in [0, 0.05) is 20.1 Å². The number of halogens is 1. The van der Waals surface area contributed by atoms with Crippen LogP contribution in [-0.2, 0) is 0 Å². The highest BCUT2D eigenvalue weighted by Gasteiger charge is 2.27. The summed E-state index contributed by atoms with van der Waals surface area (Å²) in [5, 5.41) is 3.33. The SMILES string of the molecule is CCN(CC1CC1)C(=O)c1nc(NC)ccc1Cl. The lowest BCUT2D eigenvalue weighted by molar-refractivity contribution is 0.0751. The fourth-order valence-electron chi connectivity index (χ4n) is 1.85. The second kappa shape index (κ2) is 5.57. The van der Waals surface area contributed by atoms with Gasteiger partial charge in [-0.05, 0) is 37.8 Å². The van der Waals surface area contributed by atoms with E-state index in [1.807, 2.05) is 11.8 Å². The van der Waals surface area contributed by atoms with E-state index in [0.717, 1.165) is 6.54 Å². The molecule has 0 aliphatic heterocycles. The highest BCUT2D eigenvalue weighted by Crippen LogP contribution is 2.30. The summed E-state index contributed by atoms with van der Waals surface area (Å²) in [7, 11) is 1.77. The Morgan fingerprint density at radius 1 is 1.56 bits per heavy atom. The van der Waals surface area contributed by atoms with Crippen LogP contribution in [0.4, 0.5) is 5.82 Å². The van der Waals surface area contributed by atoms with E-state index in [1.165, 1.54) is 12.8 Å². The standard InChI is InChI=1S/C13H18ClN3O/c1-3-17(8-9-4-5-9)13(18)12-10(14)6-7-11(15-2)16-12/h6-7,9H,3-5,8H2,1-2H3,(H,15,16). The van der Waals surface area contributed by atoms with Gasteiger partial charge in [-0.3, -0.25) is 4.79 Å². The number of amides is 1. The van der Waals surface area contributed by atoms with E-state index in [2.05, 4.69) is 10.3 Å². The minimum atomic E-state index is -0.0773. The van der Waals surface area contributed by atoms with Gasteiger partial charge >= 0.3 is 0 Å². The number of carbonyl (C=O) groups excluding carboxylic acids is 1. The molecular weight excluding hydrogens is 250 g/mol. The first-order chi connectivity index (χ1) is 8.65. The summed E-state index contributed by atoms with van der Waals surface area (Å²) in [6, 6.07) is 3.47. The van der Waals surface area contributed by atoms with Crippen LogP contribution in [0.3, 0.4) is 0 Å². The Labute approximate surface area is 112 Å². The van der Waals surface area contributed by atoms with Gasteiger partial charge in [0.25, 0.3) is 5.91 Å². The van der Waals surface area contributed by atoms with Crippen LogP contribution in [0.25, 0.3) is 0 Å². The highest BCUT2D eigenvalue weighted by atomic mass is 35.5. The quantitative estimate of drug-likeness (QED) is 0.892. The van der Waals surface area contributed by atoms with E-state index in [1.54, 1.807) is 19.2 Å². The third-order valence-corrected chi connectivity index (χ3v) is 3.45. The predicted octanol–water partition coefficient (Wildman–Crippen LogP) is 2.65. The van der Waals surface area contributed by atoms with Crippen LogP contribution in [0.5, 0.6) is 0 Å². The zero-order valence-corrected chi connectivity index (χ0v) is 11.5. The van der Waals surface area contributed by atoms with Crippen molar-refractivity contribution < 1.29 is 4.79 Å². The minimum absolute atomic E-state index is 0.0773. The number of anilines is 1. The number of hydrogen-bond donors (Lipinski definition) is 1. The molecule has 2 rings (SSSR count). The average molecular weight is 268 g/mol.